The van der Waals surface area contributed by atoms with Crippen LogP contribution in [0.25, 0.3) is 0 Å². The van der Waals surface area contributed by atoms with Crippen LogP contribution in [-0.2, 0) is 7.05 Å². The Bertz CT molecular complexity index is 441. The summed E-state index contributed by atoms with van der Waals surface area (Å²) >= 11 is 0. The molecule has 2 rings (SSSR count). The first-order chi connectivity index (χ1) is 8.66. The van der Waals surface area contributed by atoms with E-state index in [9.17, 15) is 4.79 Å². The lowest BCUT2D eigenvalue weighted by Crippen LogP contribution is -2.23. The predicted molar refractivity (Wildman–Crippen MR) is 73.7 cm³/mol. The zero-order chi connectivity index (χ0) is 13.0. The monoisotopic (exact) mass is 249 g/mol. The molecule has 1 N–H and O–H groups in total. The molecule has 0 aliphatic heterocycles. The highest BCUT2D eigenvalue weighted by atomic mass is 16.1. The van der Waals surface area contributed by atoms with Gasteiger partial charge in [0.1, 0.15) is 0 Å². The summed E-state index contributed by atoms with van der Waals surface area (Å²) in [5.74, 6) is 2.16. The summed E-state index contributed by atoms with van der Waals surface area (Å²) < 4.78 is 1.55. The van der Waals surface area contributed by atoms with Gasteiger partial charge in [0.05, 0.1) is 0 Å². The number of nitrogens with one attached hydrogen (secondary N) is 1. The normalized spacial score (nSPS) is 23.9. The van der Waals surface area contributed by atoms with E-state index in [1.165, 1.54) is 25.7 Å². The second-order valence-electron chi connectivity index (χ2n) is 5.55. The van der Waals surface area contributed by atoms with Crippen LogP contribution in [0.5, 0.6) is 0 Å². The Labute approximate surface area is 108 Å². The van der Waals surface area contributed by atoms with Crippen molar-refractivity contribution in [1.82, 2.24) is 9.55 Å². The van der Waals surface area contributed by atoms with Crippen molar-refractivity contribution in [3.05, 3.63) is 22.7 Å². The van der Waals surface area contributed by atoms with E-state index in [-0.39, 0.29) is 5.56 Å². The average molecular weight is 249 g/mol. The van der Waals surface area contributed by atoms with Crippen molar-refractivity contribution in [2.24, 2.45) is 18.9 Å². The van der Waals surface area contributed by atoms with E-state index in [1.807, 2.05) is 0 Å². The number of hydrogen-bond donors (Lipinski definition) is 1. The van der Waals surface area contributed by atoms with Gasteiger partial charge in [0.25, 0.3) is 5.56 Å². The van der Waals surface area contributed by atoms with Crippen LogP contribution in [0.4, 0.5) is 5.82 Å². The van der Waals surface area contributed by atoms with Gasteiger partial charge in [-0.15, -0.1) is 0 Å². The Hall–Kier alpha value is -1.32. The van der Waals surface area contributed by atoms with Gasteiger partial charge < -0.3 is 9.88 Å². The number of anilines is 1. The Morgan fingerprint density at radius 3 is 3.11 bits per heavy atom. The first-order valence-corrected chi connectivity index (χ1v) is 6.92. The molecule has 4 nitrogen and oxygen atoms in total. The summed E-state index contributed by atoms with van der Waals surface area (Å²) in [4.78, 5) is 15.8. The van der Waals surface area contributed by atoms with Gasteiger partial charge in [-0.25, -0.2) is 4.98 Å². The van der Waals surface area contributed by atoms with Crippen LogP contribution < -0.4 is 10.9 Å². The summed E-state index contributed by atoms with van der Waals surface area (Å²) in [5, 5.41) is 3.17. The molecule has 1 heterocycles. The zero-order valence-electron chi connectivity index (χ0n) is 11.4. The average Bonchev–Trinajstić information content (AvgIpc) is 2.35. The molecule has 4 heteroatoms. The molecule has 0 aromatic carbocycles. The summed E-state index contributed by atoms with van der Waals surface area (Å²) in [7, 11) is 1.75. The minimum absolute atomic E-state index is 0.0467. The fourth-order valence-corrected chi connectivity index (χ4v) is 2.84. The van der Waals surface area contributed by atoms with Crippen molar-refractivity contribution in [3.63, 3.8) is 0 Å². The third-order valence-corrected chi connectivity index (χ3v) is 3.91. The van der Waals surface area contributed by atoms with Crippen molar-refractivity contribution >= 4 is 5.82 Å². The molecular weight excluding hydrogens is 226 g/mol. The van der Waals surface area contributed by atoms with Crippen LogP contribution in [0.1, 0.15) is 39.0 Å². The fourth-order valence-electron chi connectivity index (χ4n) is 2.84. The molecule has 18 heavy (non-hydrogen) atoms. The van der Waals surface area contributed by atoms with Crippen LogP contribution >= 0.6 is 0 Å². The minimum Gasteiger partial charge on any atom is -0.365 e. The van der Waals surface area contributed by atoms with Gasteiger partial charge >= 0.3 is 0 Å². The highest BCUT2D eigenvalue weighted by Gasteiger charge is 2.18. The number of rotatable bonds is 4. The molecule has 2 atom stereocenters. The van der Waals surface area contributed by atoms with Crippen molar-refractivity contribution in [2.75, 3.05) is 11.9 Å². The molecule has 0 spiro atoms. The lowest BCUT2D eigenvalue weighted by Gasteiger charge is -2.26. The Morgan fingerprint density at radius 2 is 2.33 bits per heavy atom. The van der Waals surface area contributed by atoms with Gasteiger partial charge in [-0.05, 0) is 24.7 Å². The summed E-state index contributed by atoms with van der Waals surface area (Å²) in [6.45, 7) is 3.19. The zero-order valence-corrected chi connectivity index (χ0v) is 11.4. The van der Waals surface area contributed by atoms with Crippen LogP contribution in [0, 0.1) is 11.8 Å². The summed E-state index contributed by atoms with van der Waals surface area (Å²) in [6.07, 6.45) is 9.89. The number of nitrogens with zero attached hydrogens (tertiary/aromatic N) is 2. The molecule has 1 aromatic rings. The van der Waals surface area contributed by atoms with Crippen LogP contribution in [0.15, 0.2) is 17.2 Å². The van der Waals surface area contributed by atoms with Gasteiger partial charge in [0.2, 0.25) is 0 Å². The third-order valence-electron chi connectivity index (χ3n) is 3.91. The van der Waals surface area contributed by atoms with Crippen LogP contribution in [0.3, 0.4) is 0 Å². The highest BCUT2D eigenvalue weighted by Crippen LogP contribution is 2.30. The van der Waals surface area contributed by atoms with Crippen molar-refractivity contribution < 1.29 is 0 Å². The quantitative estimate of drug-likeness (QED) is 0.891. The van der Waals surface area contributed by atoms with E-state index >= 15 is 0 Å². The molecule has 1 saturated carbocycles. The van der Waals surface area contributed by atoms with Gasteiger partial charge in [-0.2, -0.15) is 0 Å². The third kappa shape index (κ3) is 3.34. The molecule has 100 valence electrons. The molecule has 0 bridgehead atoms. The molecule has 1 aromatic heterocycles. The van der Waals surface area contributed by atoms with E-state index in [4.69, 9.17) is 0 Å². The van der Waals surface area contributed by atoms with E-state index in [0.717, 1.165) is 24.8 Å². The van der Waals surface area contributed by atoms with Crippen molar-refractivity contribution in [3.8, 4) is 0 Å². The van der Waals surface area contributed by atoms with Gasteiger partial charge in [0, 0.05) is 26.0 Å². The SMILES string of the molecule is CC1CCCC(CCNc2nccn(C)c2=O)C1. The van der Waals surface area contributed by atoms with Crippen molar-refractivity contribution in [2.45, 2.75) is 39.0 Å². The molecule has 0 saturated heterocycles. The van der Waals surface area contributed by atoms with Crippen LogP contribution in [-0.4, -0.2) is 16.1 Å². The summed E-state index contributed by atoms with van der Waals surface area (Å²) in [5.41, 5.74) is -0.0467. The maximum Gasteiger partial charge on any atom is 0.293 e. The number of hydrogen-bond acceptors (Lipinski definition) is 3. The largest absolute Gasteiger partial charge is 0.365 e. The fraction of sp³-hybridized carbons (Fsp3) is 0.714. The van der Waals surface area contributed by atoms with Crippen molar-refractivity contribution in [1.29, 1.82) is 0 Å². The second-order valence-corrected chi connectivity index (χ2v) is 5.55. The maximum absolute atomic E-state index is 11.7. The lowest BCUT2D eigenvalue weighted by atomic mass is 9.81. The van der Waals surface area contributed by atoms with Gasteiger partial charge in [-0.3, -0.25) is 4.79 Å². The lowest BCUT2D eigenvalue weighted by molar-refractivity contribution is 0.274. The minimum atomic E-state index is -0.0467. The van der Waals surface area contributed by atoms with E-state index < -0.39 is 0 Å². The first kappa shape index (κ1) is 13.1. The van der Waals surface area contributed by atoms with E-state index in [0.29, 0.717) is 5.82 Å². The molecule has 0 amide bonds. The Balaban J connectivity index is 1.81. The smallest absolute Gasteiger partial charge is 0.293 e. The number of aromatic nitrogens is 2. The van der Waals surface area contributed by atoms with Gasteiger partial charge in [-0.1, -0.05) is 26.2 Å². The first-order valence-electron chi connectivity index (χ1n) is 6.92. The standard InChI is InChI=1S/C14H23N3O/c1-11-4-3-5-12(10-11)6-7-15-13-14(18)17(2)9-8-16-13/h8-9,11-12H,3-7,10H2,1-2H3,(H,15,16). The van der Waals surface area contributed by atoms with E-state index in [1.54, 1.807) is 24.0 Å². The van der Waals surface area contributed by atoms with E-state index in [2.05, 4.69) is 17.2 Å². The second kappa shape index (κ2) is 6.03. The van der Waals surface area contributed by atoms with Gasteiger partial charge in [0.15, 0.2) is 5.82 Å². The predicted octanol–water partition coefficient (Wildman–Crippen LogP) is 2.41. The molecular formula is C14H23N3O. The molecule has 1 aliphatic carbocycles. The molecule has 0 radical (unpaired) electrons. The summed E-state index contributed by atoms with van der Waals surface area (Å²) in [6, 6.07) is 0. The van der Waals surface area contributed by atoms with Crippen LogP contribution in [0.2, 0.25) is 0 Å². The Kier molecular flexibility index (Phi) is 4.39. The number of aryl methyl sites for hydroxylation is 1. The molecule has 2 unspecified atom stereocenters. The topological polar surface area (TPSA) is 46.9 Å². The molecule has 1 aliphatic rings. The maximum atomic E-state index is 11.7. The molecule has 1 fully saturated rings. The Morgan fingerprint density at radius 1 is 1.50 bits per heavy atom. The highest BCUT2D eigenvalue weighted by molar-refractivity contribution is 5.30.